The molecule has 0 heterocycles. The van der Waals surface area contributed by atoms with Crippen molar-refractivity contribution in [3.05, 3.63) is 0 Å². The van der Waals surface area contributed by atoms with Crippen molar-refractivity contribution in [3.8, 4) is 0 Å². The van der Waals surface area contributed by atoms with Crippen molar-refractivity contribution in [3.63, 3.8) is 0 Å². The highest BCUT2D eigenvalue weighted by atomic mass is 32.1. The Labute approximate surface area is 93.2 Å². The molecule has 6 nitrogen and oxygen atoms in total. The van der Waals surface area contributed by atoms with E-state index in [9.17, 15) is 0 Å². The monoisotopic (exact) mass is 232 g/mol. The van der Waals surface area contributed by atoms with Crippen molar-refractivity contribution in [2.24, 2.45) is 10.2 Å². The predicted molar refractivity (Wildman–Crippen MR) is 66.6 cm³/mol. The fraction of sp³-hybridized carbons (Fsp3) is 0.333. The van der Waals surface area contributed by atoms with Gasteiger partial charge in [-0.15, -0.1) is 0 Å². The molecular formula is C6H12N6S2. The Morgan fingerprint density at radius 1 is 0.929 bits per heavy atom. The van der Waals surface area contributed by atoms with Crippen molar-refractivity contribution < 1.29 is 0 Å². The second kappa shape index (κ2) is 8.32. The van der Waals surface area contributed by atoms with E-state index in [0.717, 1.165) is 0 Å². The van der Waals surface area contributed by atoms with E-state index in [1.165, 1.54) is 12.4 Å². The molecule has 0 aromatic rings. The van der Waals surface area contributed by atoms with Gasteiger partial charge >= 0.3 is 0 Å². The van der Waals surface area contributed by atoms with E-state index >= 15 is 0 Å². The zero-order valence-electron chi connectivity index (χ0n) is 7.87. The van der Waals surface area contributed by atoms with Crippen LogP contribution in [0.25, 0.3) is 0 Å². The molecule has 0 bridgehead atoms. The van der Waals surface area contributed by atoms with Gasteiger partial charge in [-0.2, -0.15) is 10.2 Å². The average Bonchev–Trinajstić information content (AvgIpc) is 2.22. The Bertz CT molecular complexity index is 223. The molecule has 0 aliphatic heterocycles. The number of rotatable bonds is 3. The van der Waals surface area contributed by atoms with Gasteiger partial charge in [0.2, 0.25) is 0 Å². The summed E-state index contributed by atoms with van der Waals surface area (Å²) in [5, 5.41) is 13.7. The molecule has 0 unspecified atom stereocenters. The summed E-state index contributed by atoms with van der Waals surface area (Å²) in [5.41, 5.74) is 5.11. The molecule has 0 aliphatic rings. The van der Waals surface area contributed by atoms with Crippen LogP contribution >= 0.6 is 24.4 Å². The van der Waals surface area contributed by atoms with Gasteiger partial charge in [0, 0.05) is 14.1 Å². The molecule has 0 radical (unpaired) electrons. The van der Waals surface area contributed by atoms with Crippen LogP contribution in [0.15, 0.2) is 10.2 Å². The molecule has 0 atom stereocenters. The third-order valence-corrected chi connectivity index (χ3v) is 1.59. The number of thiocarbonyl (C=S) groups is 2. The van der Waals surface area contributed by atoms with Crippen LogP contribution in [-0.2, 0) is 0 Å². The molecule has 0 saturated carbocycles. The van der Waals surface area contributed by atoms with Crippen LogP contribution in [0.1, 0.15) is 0 Å². The lowest BCUT2D eigenvalue weighted by atomic mass is 10.8. The number of nitrogens with one attached hydrogen (secondary N) is 4. The van der Waals surface area contributed by atoms with E-state index in [1.807, 2.05) is 0 Å². The number of nitrogens with zero attached hydrogens (tertiary/aromatic N) is 2. The smallest absolute Gasteiger partial charge is 0.186 e. The SMILES string of the molecule is CNC(=S)NN=CC=NNC(=S)NC. The Hall–Kier alpha value is -1.28. The first kappa shape index (κ1) is 12.7. The first-order valence-electron chi connectivity index (χ1n) is 3.71. The minimum atomic E-state index is 0.438. The zero-order chi connectivity index (χ0) is 10.8. The average molecular weight is 232 g/mol. The fourth-order valence-corrected chi connectivity index (χ4v) is 0.476. The molecule has 14 heavy (non-hydrogen) atoms. The van der Waals surface area contributed by atoms with Crippen LogP contribution < -0.4 is 21.5 Å². The third-order valence-electron chi connectivity index (χ3n) is 1.00. The van der Waals surface area contributed by atoms with Crippen molar-refractivity contribution >= 4 is 47.1 Å². The number of hydrogen-bond donors (Lipinski definition) is 4. The number of hydrazone groups is 2. The first-order valence-corrected chi connectivity index (χ1v) is 4.52. The van der Waals surface area contributed by atoms with Crippen molar-refractivity contribution in [2.45, 2.75) is 0 Å². The summed E-state index contributed by atoms with van der Waals surface area (Å²) in [6, 6.07) is 0. The second-order valence-electron chi connectivity index (χ2n) is 1.94. The molecule has 0 fully saturated rings. The maximum absolute atomic E-state index is 4.77. The van der Waals surface area contributed by atoms with E-state index in [4.69, 9.17) is 24.4 Å². The standard InChI is InChI=1S/C6H12N6S2/c1-7-5(13)11-9-3-4-10-12-6(14)8-2/h3-4H,1-2H3,(H2,7,11,13)(H2,8,12,14). The third kappa shape index (κ3) is 7.37. The van der Waals surface area contributed by atoms with Crippen LogP contribution in [0.5, 0.6) is 0 Å². The lowest BCUT2D eigenvalue weighted by Gasteiger charge is -1.98. The molecule has 4 N–H and O–H groups in total. The molecule has 0 amide bonds. The summed E-state index contributed by atoms with van der Waals surface area (Å²) in [6.45, 7) is 0. The van der Waals surface area contributed by atoms with Gasteiger partial charge in [0.25, 0.3) is 0 Å². The lowest BCUT2D eigenvalue weighted by Crippen LogP contribution is -2.29. The fourth-order valence-electron chi connectivity index (χ4n) is 0.370. The quantitative estimate of drug-likeness (QED) is 0.288. The molecule has 0 spiro atoms. The minimum Gasteiger partial charge on any atom is -0.364 e. The summed E-state index contributed by atoms with van der Waals surface area (Å²) in [5.74, 6) is 0. The minimum absolute atomic E-state index is 0.438. The van der Waals surface area contributed by atoms with Crippen molar-refractivity contribution in [1.29, 1.82) is 0 Å². The predicted octanol–water partition coefficient (Wildman–Crippen LogP) is -0.854. The van der Waals surface area contributed by atoms with Crippen LogP contribution in [0.3, 0.4) is 0 Å². The van der Waals surface area contributed by atoms with E-state index in [0.29, 0.717) is 10.2 Å². The maximum Gasteiger partial charge on any atom is 0.186 e. The summed E-state index contributed by atoms with van der Waals surface area (Å²) >= 11 is 9.53. The van der Waals surface area contributed by atoms with Crippen LogP contribution in [0.4, 0.5) is 0 Å². The molecule has 0 rings (SSSR count). The highest BCUT2D eigenvalue weighted by Gasteiger charge is 1.83. The van der Waals surface area contributed by atoms with Crippen LogP contribution in [0.2, 0.25) is 0 Å². The molecule has 78 valence electrons. The zero-order valence-corrected chi connectivity index (χ0v) is 9.50. The van der Waals surface area contributed by atoms with E-state index < -0.39 is 0 Å². The Morgan fingerprint density at radius 2 is 1.29 bits per heavy atom. The second-order valence-corrected chi connectivity index (χ2v) is 2.75. The molecule has 0 saturated heterocycles. The summed E-state index contributed by atoms with van der Waals surface area (Å²) in [7, 11) is 3.40. The van der Waals surface area contributed by atoms with Gasteiger partial charge in [0.15, 0.2) is 10.2 Å². The highest BCUT2D eigenvalue weighted by Crippen LogP contribution is 1.63. The normalized spacial score (nSPS) is 10.1. The van der Waals surface area contributed by atoms with Crippen molar-refractivity contribution in [1.82, 2.24) is 21.5 Å². The van der Waals surface area contributed by atoms with Crippen molar-refractivity contribution in [2.75, 3.05) is 14.1 Å². The molecule has 0 aliphatic carbocycles. The summed E-state index contributed by atoms with van der Waals surface area (Å²) < 4.78 is 0. The van der Waals surface area contributed by atoms with Gasteiger partial charge in [-0.25, -0.2) is 0 Å². The molecule has 8 heteroatoms. The lowest BCUT2D eigenvalue weighted by molar-refractivity contribution is 0.976. The van der Waals surface area contributed by atoms with Gasteiger partial charge < -0.3 is 10.6 Å². The van der Waals surface area contributed by atoms with Gasteiger partial charge in [-0.05, 0) is 24.4 Å². The summed E-state index contributed by atoms with van der Waals surface area (Å²) in [6.07, 6.45) is 2.88. The van der Waals surface area contributed by atoms with E-state index in [2.05, 4.69) is 31.7 Å². The molecule has 0 aromatic carbocycles. The van der Waals surface area contributed by atoms with Gasteiger partial charge in [-0.1, -0.05) is 0 Å². The maximum atomic E-state index is 4.77. The molecule has 0 aromatic heterocycles. The first-order chi connectivity index (χ1) is 6.70. The van der Waals surface area contributed by atoms with Crippen LogP contribution in [0, 0.1) is 0 Å². The van der Waals surface area contributed by atoms with E-state index in [-0.39, 0.29) is 0 Å². The van der Waals surface area contributed by atoms with Gasteiger partial charge in [0.05, 0.1) is 12.4 Å². The number of hydrogen-bond acceptors (Lipinski definition) is 4. The Kier molecular flexibility index (Phi) is 7.56. The molecular weight excluding hydrogens is 220 g/mol. The topological polar surface area (TPSA) is 72.8 Å². The highest BCUT2D eigenvalue weighted by molar-refractivity contribution is 7.80. The van der Waals surface area contributed by atoms with Crippen LogP contribution in [-0.4, -0.2) is 36.7 Å². The summed E-state index contributed by atoms with van der Waals surface area (Å²) in [4.78, 5) is 0. The Morgan fingerprint density at radius 3 is 1.57 bits per heavy atom. The van der Waals surface area contributed by atoms with E-state index in [1.54, 1.807) is 14.1 Å². The van der Waals surface area contributed by atoms with Gasteiger partial charge in [0.1, 0.15) is 0 Å². The Balaban J connectivity index is 3.60. The van der Waals surface area contributed by atoms with Gasteiger partial charge in [-0.3, -0.25) is 10.9 Å². The largest absolute Gasteiger partial charge is 0.364 e.